The van der Waals surface area contributed by atoms with Gasteiger partial charge in [0.25, 0.3) is 11.7 Å². The van der Waals surface area contributed by atoms with Crippen LogP contribution in [0.4, 0.5) is 5.69 Å². The molecular formula is C12H10BrNO2. The molecule has 16 heavy (non-hydrogen) atoms. The lowest BCUT2D eigenvalue weighted by molar-refractivity contribution is -0.114. The number of hydrogen-bond acceptors (Lipinski definition) is 2. The molecule has 82 valence electrons. The molecule has 0 saturated carbocycles. The third-order valence-electron chi connectivity index (χ3n) is 2.46. The van der Waals surface area contributed by atoms with Crippen LogP contribution in [-0.2, 0) is 4.79 Å². The lowest BCUT2D eigenvalue weighted by Crippen LogP contribution is -2.29. The van der Waals surface area contributed by atoms with Crippen molar-refractivity contribution in [3.05, 3.63) is 40.4 Å². The standard InChI is InChI=1S/C12H10BrNO2/c1-2-3-6-14-10-5-4-8(13)7-9(10)11(15)12(14)16/h2-5,7H,6H2,1H3/b3-2+. The number of ketones is 1. The maximum Gasteiger partial charge on any atom is 0.299 e. The van der Waals surface area contributed by atoms with E-state index >= 15 is 0 Å². The van der Waals surface area contributed by atoms with Crippen LogP contribution in [0.5, 0.6) is 0 Å². The number of amides is 1. The van der Waals surface area contributed by atoms with Gasteiger partial charge in [0.1, 0.15) is 0 Å². The van der Waals surface area contributed by atoms with Gasteiger partial charge in [0.15, 0.2) is 0 Å². The summed E-state index contributed by atoms with van der Waals surface area (Å²) in [6.45, 7) is 2.32. The zero-order chi connectivity index (χ0) is 11.7. The van der Waals surface area contributed by atoms with Gasteiger partial charge in [-0.1, -0.05) is 28.1 Å². The van der Waals surface area contributed by atoms with E-state index < -0.39 is 11.7 Å². The van der Waals surface area contributed by atoms with Crippen LogP contribution in [0.15, 0.2) is 34.8 Å². The van der Waals surface area contributed by atoms with Crippen molar-refractivity contribution in [1.82, 2.24) is 0 Å². The van der Waals surface area contributed by atoms with E-state index in [2.05, 4.69) is 15.9 Å². The highest BCUT2D eigenvalue weighted by molar-refractivity contribution is 9.10. The van der Waals surface area contributed by atoms with Gasteiger partial charge in [-0.25, -0.2) is 0 Å². The number of halogens is 1. The van der Waals surface area contributed by atoms with Gasteiger partial charge in [-0.15, -0.1) is 0 Å². The summed E-state index contributed by atoms with van der Waals surface area (Å²) in [6.07, 6.45) is 3.71. The molecule has 1 aromatic carbocycles. The van der Waals surface area contributed by atoms with Crippen molar-refractivity contribution >= 4 is 33.3 Å². The minimum atomic E-state index is -0.453. The van der Waals surface area contributed by atoms with Crippen LogP contribution in [0.2, 0.25) is 0 Å². The van der Waals surface area contributed by atoms with E-state index in [1.165, 1.54) is 4.90 Å². The van der Waals surface area contributed by atoms with E-state index in [0.29, 0.717) is 17.8 Å². The Morgan fingerprint density at radius 3 is 2.81 bits per heavy atom. The molecule has 1 aromatic rings. The smallest absolute Gasteiger partial charge is 0.299 e. The third kappa shape index (κ3) is 1.69. The van der Waals surface area contributed by atoms with Crippen molar-refractivity contribution < 1.29 is 9.59 Å². The first-order chi connectivity index (χ1) is 7.65. The molecule has 0 atom stereocenters. The van der Waals surface area contributed by atoms with E-state index in [1.54, 1.807) is 12.1 Å². The lowest BCUT2D eigenvalue weighted by atomic mass is 10.1. The number of anilines is 1. The summed E-state index contributed by atoms with van der Waals surface area (Å²) in [5.41, 5.74) is 1.17. The Morgan fingerprint density at radius 2 is 2.12 bits per heavy atom. The summed E-state index contributed by atoms with van der Waals surface area (Å²) in [5, 5.41) is 0. The number of hydrogen-bond donors (Lipinski definition) is 0. The van der Waals surface area contributed by atoms with Crippen LogP contribution in [0, 0.1) is 0 Å². The molecule has 3 nitrogen and oxygen atoms in total. The minimum Gasteiger partial charge on any atom is -0.301 e. The second-order valence-corrected chi connectivity index (χ2v) is 4.39. The van der Waals surface area contributed by atoms with Gasteiger partial charge in [0.2, 0.25) is 0 Å². The molecule has 0 radical (unpaired) electrons. The number of benzene rings is 1. The minimum absolute atomic E-state index is 0.430. The van der Waals surface area contributed by atoms with E-state index in [-0.39, 0.29) is 0 Å². The van der Waals surface area contributed by atoms with Crippen molar-refractivity contribution in [3.8, 4) is 0 Å². The Bertz CT molecular complexity index is 494. The highest BCUT2D eigenvalue weighted by Gasteiger charge is 2.34. The Labute approximate surface area is 102 Å². The topological polar surface area (TPSA) is 37.4 Å². The van der Waals surface area contributed by atoms with E-state index in [1.807, 2.05) is 25.1 Å². The van der Waals surface area contributed by atoms with Gasteiger partial charge < -0.3 is 4.90 Å². The number of allylic oxidation sites excluding steroid dienone is 1. The van der Waals surface area contributed by atoms with Gasteiger partial charge in [-0.3, -0.25) is 9.59 Å². The Kier molecular flexibility index (Phi) is 2.92. The predicted molar refractivity (Wildman–Crippen MR) is 65.6 cm³/mol. The van der Waals surface area contributed by atoms with Crippen molar-refractivity contribution in [2.45, 2.75) is 6.92 Å². The van der Waals surface area contributed by atoms with Gasteiger partial charge in [-0.2, -0.15) is 0 Å². The quantitative estimate of drug-likeness (QED) is 0.616. The van der Waals surface area contributed by atoms with Gasteiger partial charge >= 0.3 is 0 Å². The number of nitrogens with zero attached hydrogens (tertiary/aromatic N) is 1. The summed E-state index contributed by atoms with van der Waals surface area (Å²) in [5.74, 6) is -0.882. The molecule has 0 N–H and O–H groups in total. The Balaban J connectivity index is 2.45. The van der Waals surface area contributed by atoms with Crippen molar-refractivity contribution in [1.29, 1.82) is 0 Å². The number of Topliss-reactive ketones (excluding diaryl/α,β-unsaturated/α-hetero) is 1. The van der Waals surface area contributed by atoms with Gasteiger partial charge in [-0.05, 0) is 25.1 Å². The van der Waals surface area contributed by atoms with Crippen LogP contribution < -0.4 is 4.90 Å². The molecule has 0 fully saturated rings. The fourth-order valence-electron chi connectivity index (χ4n) is 1.66. The highest BCUT2D eigenvalue weighted by Crippen LogP contribution is 2.31. The third-order valence-corrected chi connectivity index (χ3v) is 2.95. The predicted octanol–water partition coefficient (Wildman–Crippen LogP) is 2.55. The molecule has 4 heteroatoms. The summed E-state index contributed by atoms with van der Waals surface area (Å²) in [4.78, 5) is 24.9. The van der Waals surface area contributed by atoms with Crippen LogP contribution in [0.25, 0.3) is 0 Å². The zero-order valence-electron chi connectivity index (χ0n) is 8.74. The molecule has 0 bridgehead atoms. The van der Waals surface area contributed by atoms with Crippen LogP contribution in [-0.4, -0.2) is 18.2 Å². The first-order valence-electron chi connectivity index (χ1n) is 4.92. The maximum atomic E-state index is 11.7. The van der Waals surface area contributed by atoms with Crippen LogP contribution in [0.3, 0.4) is 0 Å². The first-order valence-corrected chi connectivity index (χ1v) is 5.71. The molecule has 0 spiro atoms. The zero-order valence-corrected chi connectivity index (χ0v) is 10.3. The van der Waals surface area contributed by atoms with Crippen LogP contribution in [0.1, 0.15) is 17.3 Å². The molecule has 0 aromatic heterocycles. The summed E-state index contributed by atoms with van der Waals surface area (Å²) in [7, 11) is 0. The van der Waals surface area contributed by atoms with E-state index in [4.69, 9.17) is 0 Å². The van der Waals surface area contributed by atoms with Crippen molar-refractivity contribution in [3.63, 3.8) is 0 Å². The molecule has 1 amide bonds. The molecule has 0 saturated heterocycles. The lowest BCUT2D eigenvalue weighted by Gasteiger charge is -2.13. The molecule has 1 aliphatic rings. The highest BCUT2D eigenvalue weighted by atomic mass is 79.9. The normalized spacial score (nSPS) is 15.0. The molecule has 0 aliphatic carbocycles. The second-order valence-electron chi connectivity index (χ2n) is 3.48. The maximum absolute atomic E-state index is 11.7. The summed E-state index contributed by atoms with van der Waals surface area (Å²) in [6, 6.07) is 5.30. The average molecular weight is 280 g/mol. The Morgan fingerprint density at radius 1 is 1.38 bits per heavy atom. The Hall–Kier alpha value is -1.42. The summed E-state index contributed by atoms with van der Waals surface area (Å²) >= 11 is 3.29. The SMILES string of the molecule is C/C=C/CN1C(=O)C(=O)c2cc(Br)ccc21. The first kappa shape index (κ1) is 11.1. The monoisotopic (exact) mass is 279 g/mol. The largest absolute Gasteiger partial charge is 0.301 e. The molecule has 1 heterocycles. The number of carbonyl (C=O) groups is 2. The fraction of sp³-hybridized carbons (Fsp3) is 0.167. The number of carbonyl (C=O) groups excluding carboxylic acids is 2. The van der Waals surface area contributed by atoms with Gasteiger partial charge in [0, 0.05) is 11.0 Å². The number of rotatable bonds is 2. The van der Waals surface area contributed by atoms with E-state index in [0.717, 1.165) is 4.47 Å². The molecule has 1 aliphatic heterocycles. The van der Waals surface area contributed by atoms with Gasteiger partial charge in [0.05, 0.1) is 11.3 Å². The molecular weight excluding hydrogens is 270 g/mol. The fourth-order valence-corrected chi connectivity index (χ4v) is 2.03. The van der Waals surface area contributed by atoms with Crippen LogP contribution >= 0.6 is 15.9 Å². The number of fused-ring (bicyclic) bond motifs is 1. The molecule has 0 unspecified atom stereocenters. The summed E-state index contributed by atoms with van der Waals surface area (Å²) < 4.78 is 0.806. The second kappa shape index (κ2) is 4.22. The average Bonchev–Trinajstić information content (AvgIpc) is 2.50. The van der Waals surface area contributed by atoms with E-state index in [9.17, 15) is 9.59 Å². The van der Waals surface area contributed by atoms with Crippen molar-refractivity contribution in [2.75, 3.05) is 11.4 Å². The molecule has 2 rings (SSSR count). The van der Waals surface area contributed by atoms with Crippen molar-refractivity contribution in [2.24, 2.45) is 0 Å².